The molecule has 4 aromatic heterocycles. The third-order valence-electron chi connectivity index (χ3n) is 7.71. The Kier molecular flexibility index (Phi) is 8.86. The molecule has 11 nitrogen and oxygen atoms in total. The van der Waals surface area contributed by atoms with E-state index in [1.807, 2.05) is 121 Å². The van der Waals surface area contributed by atoms with Gasteiger partial charge in [0.25, 0.3) is 11.8 Å². The van der Waals surface area contributed by atoms with E-state index in [4.69, 9.17) is 22.9 Å². The lowest BCUT2D eigenvalue weighted by Gasteiger charge is -2.09. The molecular formula is C35H27F3N6O5S+2. The molecule has 0 fully saturated rings. The lowest BCUT2D eigenvalue weighted by Crippen LogP contribution is -2.29. The first-order chi connectivity index (χ1) is 23.7. The van der Waals surface area contributed by atoms with Crippen molar-refractivity contribution in [2.75, 3.05) is 10.6 Å². The van der Waals surface area contributed by atoms with Crippen LogP contribution in [0.2, 0.25) is 0 Å². The smallest absolute Gasteiger partial charge is 0.316 e. The zero-order chi connectivity index (χ0) is 35.8. The predicted octanol–water partition coefficient (Wildman–Crippen LogP) is 5.64. The predicted molar refractivity (Wildman–Crippen MR) is 181 cm³/mol. The first kappa shape index (κ1) is 33.8. The summed E-state index contributed by atoms with van der Waals surface area (Å²) in [5.41, 5.74) is -0.463. The van der Waals surface area contributed by atoms with Crippen molar-refractivity contribution in [1.82, 2.24) is 9.97 Å². The van der Waals surface area contributed by atoms with Crippen LogP contribution in [0.4, 0.5) is 24.5 Å². The molecule has 0 aliphatic heterocycles. The number of halogens is 3. The maximum Gasteiger partial charge on any atom is 0.522 e. The third kappa shape index (κ3) is 7.04. The van der Waals surface area contributed by atoms with Gasteiger partial charge in [0.05, 0.1) is 11.0 Å². The molecule has 50 heavy (non-hydrogen) atoms. The molecule has 7 rings (SSSR count). The second kappa shape index (κ2) is 13.1. The summed E-state index contributed by atoms with van der Waals surface area (Å²) in [5.74, 6) is -0.662. The highest BCUT2D eigenvalue weighted by Crippen LogP contribution is 2.25. The maximum absolute atomic E-state index is 13.3. The number of para-hydroxylation sites is 2. The first-order valence-electron chi connectivity index (χ1n) is 14.8. The number of rotatable bonds is 4. The van der Waals surface area contributed by atoms with Crippen LogP contribution in [0.25, 0.3) is 43.6 Å². The molecule has 3 N–H and O–H groups in total. The molecule has 7 aromatic rings. The van der Waals surface area contributed by atoms with Gasteiger partial charge in [0.2, 0.25) is 11.0 Å². The number of fused-ring (bicyclic) bond motifs is 5. The first-order valence-corrected chi connectivity index (χ1v) is 16.3. The van der Waals surface area contributed by atoms with Gasteiger partial charge >= 0.3 is 15.6 Å². The van der Waals surface area contributed by atoms with Gasteiger partial charge in [-0.1, -0.05) is 48.5 Å². The molecule has 0 saturated carbocycles. The number of carbonyl (C=O) groups is 2. The van der Waals surface area contributed by atoms with Gasteiger partial charge in [0, 0.05) is 33.7 Å². The van der Waals surface area contributed by atoms with Crippen molar-refractivity contribution in [2.45, 2.75) is 5.51 Å². The molecule has 2 amide bonds. The summed E-state index contributed by atoms with van der Waals surface area (Å²) in [6.07, 6.45) is 3.75. The van der Waals surface area contributed by atoms with Crippen LogP contribution in [0.3, 0.4) is 0 Å². The van der Waals surface area contributed by atoms with Crippen LogP contribution in [0, 0.1) is 0 Å². The van der Waals surface area contributed by atoms with E-state index in [1.165, 1.54) is 0 Å². The lowest BCUT2D eigenvalue weighted by atomic mass is 10.1. The number of hydrogen-bond donors (Lipinski definition) is 3. The average Bonchev–Trinajstić information content (AvgIpc) is 3.07. The number of nitrogens with zero attached hydrogens (tertiary/aromatic N) is 4. The number of aromatic nitrogens is 4. The number of benzene rings is 3. The number of nitrogens with one attached hydrogen (secondary N) is 2. The zero-order valence-corrected chi connectivity index (χ0v) is 27.1. The Morgan fingerprint density at radius 1 is 0.640 bits per heavy atom. The summed E-state index contributed by atoms with van der Waals surface area (Å²) in [5, 5.41) is 9.62. The van der Waals surface area contributed by atoms with Crippen molar-refractivity contribution < 1.29 is 44.9 Å². The summed E-state index contributed by atoms with van der Waals surface area (Å²) in [6.45, 7) is 0. The van der Waals surface area contributed by atoms with Crippen LogP contribution in [-0.2, 0) is 24.2 Å². The highest BCUT2D eigenvalue weighted by molar-refractivity contribution is 7.86. The number of carbonyl (C=O) groups excluding carboxylic acids is 2. The maximum atomic E-state index is 13.3. The second-order valence-electron chi connectivity index (χ2n) is 11.2. The van der Waals surface area contributed by atoms with Crippen LogP contribution >= 0.6 is 0 Å². The SMILES string of the molecule is C[n+]1cc(NC(=O)c2ccc3ccc4ccc(C(=O)Nc5cc6ccccc6[n+](C)c5)nc4c3n2)cc2ccccc21.O=S(=O)(O)C(F)(F)F. The Bertz CT molecular complexity index is 2440. The molecule has 0 unspecified atom stereocenters. The monoisotopic (exact) mass is 700 g/mol. The Labute approximate surface area is 282 Å². The molecule has 0 atom stereocenters. The van der Waals surface area contributed by atoms with E-state index in [-0.39, 0.29) is 23.2 Å². The molecule has 0 bridgehead atoms. The van der Waals surface area contributed by atoms with Gasteiger partial charge < -0.3 is 10.6 Å². The van der Waals surface area contributed by atoms with E-state index in [0.717, 1.165) is 32.6 Å². The van der Waals surface area contributed by atoms with Gasteiger partial charge in [-0.05, 0) is 36.4 Å². The number of pyridine rings is 4. The van der Waals surface area contributed by atoms with Crippen molar-refractivity contribution >= 4 is 76.9 Å². The normalized spacial score (nSPS) is 11.7. The molecular weight excluding hydrogens is 673 g/mol. The minimum atomic E-state index is -5.84. The third-order valence-corrected chi connectivity index (χ3v) is 8.30. The van der Waals surface area contributed by atoms with Crippen molar-refractivity contribution in [3.63, 3.8) is 0 Å². The molecule has 252 valence electrons. The Hall–Kier alpha value is -6.06. The van der Waals surface area contributed by atoms with Gasteiger partial charge in [-0.2, -0.15) is 30.7 Å². The van der Waals surface area contributed by atoms with E-state index in [2.05, 4.69) is 10.6 Å². The van der Waals surface area contributed by atoms with Crippen LogP contribution in [0.1, 0.15) is 21.0 Å². The number of aryl methyl sites for hydroxylation is 2. The van der Waals surface area contributed by atoms with Crippen LogP contribution < -0.4 is 19.8 Å². The molecule has 0 radical (unpaired) electrons. The van der Waals surface area contributed by atoms with Gasteiger partial charge in [0.1, 0.15) is 36.9 Å². The molecule has 0 aliphatic rings. The lowest BCUT2D eigenvalue weighted by molar-refractivity contribution is -0.644. The van der Waals surface area contributed by atoms with Crippen LogP contribution in [0.5, 0.6) is 0 Å². The number of amides is 2. The highest BCUT2D eigenvalue weighted by Gasteiger charge is 2.44. The van der Waals surface area contributed by atoms with Gasteiger partial charge in [-0.3, -0.25) is 14.1 Å². The fourth-order valence-corrected chi connectivity index (χ4v) is 5.38. The topological polar surface area (TPSA) is 146 Å². The number of hydrogen-bond acceptors (Lipinski definition) is 6. The molecule has 3 aromatic carbocycles. The van der Waals surface area contributed by atoms with Crippen molar-refractivity contribution in [3.05, 3.63) is 121 Å². The van der Waals surface area contributed by atoms with Gasteiger partial charge in [0.15, 0.2) is 12.4 Å². The summed E-state index contributed by atoms with van der Waals surface area (Å²) < 4.78 is 61.5. The molecule has 0 aliphatic carbocycles. The van der Waals surface area contributed by atoms with Crippen LogP contribution in [-0.4, -0.2) is 40.3 Å². The Balaban J connectivity index is 0.000000485. The highest BCUT2D eigenvalue weighted by atomic mass is 32.2. The summed E-state index contributed by atoms with van der Waals surface area (Å²) in [6, 6.07) is 30.8. The quantitative estimate of drug-likeness (QED) is 0.0933. The van der Waals surface area contributed by atoms with Crippen molar-refractivity contribution in [2.24, 2.45) is 14.1 Å². The van der Waals surface area contributed by atoms with E-state index >= 15 is 0 Å². The molecule has 0 saturated heterocycles. The van der Waals surface area contributed by atoms with Crippen LogP contribution in [0.15, 0.2) is 109 Å². The molecule has 0 spiro atoms. The zero-order valence-electron chi connectivity index (χ0n) is 26.3. The number of anilines is 2. The fourth-order valence-electron chi connectivity index (χ4n) is 5.38. The summed E-state index contributed by atoms with van der Waals surface area (Å²) >= 11 is 0. The number of alkyl halides is 3. The minimum absolute atomic E-state index is 0.256. The minimum Gasteiger partial charge on any atom is -0.316 e. The second-order valence-corrected chi connectivity index (χ2v) is 12.6. The summed E-state index contributed by atoms with van der Waals surface area (Å²) in [7, 11) is -1.96. The van der Waals surface area contributed by atoms with E-state index in [1.54, 1.807) is 12.1 Å². The molecule has 4 heterocycles. The average molecular weight is 701 g/mol. The molecule has 15 heteroatoms. The van der Waals surface area contributed by atoms with Gasteiger partial charge in [-0.15, -0.1) is 0 Å². The van der Waals surface area contributed by atoms with Crippen molar-refractivity contribution in [1.29, 1.82) is 0 Å². The van der Waals surface area contributed by atoms with E-state index in [9.17, 15) is 22.8 Å². The summed E-state index contributed by atoms with van der Waals surface area (Å²) in [4.78, 5) is 35.9. The standard InChI is InChI=1S/C34H24N6O2.CHF3O3S/c1-39-19-25(17-23-7-3-5-9-29(23)39)35-33(41)27-15-13-21-11-12-22-14-16-28(38-32(22)31(21)37-27)34(42)36-26-18-24-8-4-6-10-30(24)40(2)20-26;2-1(3,4)8(5,6)7/h3-20H,1-2H3;(H,5,6,7)/p+2. The van der Waals surface area contributed by atoms with E-state index in [0.29, 0.717) is 22.4 Å². The fraction of sp³-hybridized carbons (Fsp3) is 0.0857. The Morgan fingerprint density at radius 3 is 1.38 bits per heavy atom. The van der Waals surface area contributed by atoms with Gasteiger partial charge in [-0.25, -0.2) is 9.97 Å². The van der Waals surface area contributed by atoms with Crippen molar-refractivity contribution in [3.8, 4) is 0 Å². The largest absolute Gasteiger partial charge is 0.522 e. The van der Waals surface area contributed by atoms with E-state index < -0.39 is 15.6 Å². The Morgan fingerprint density at radius 2 is 1.00 bits per heavy atom.